The third kappa shape index (κ3) is 3.35. The van der Waals surface area contributed by atoms with Gasteiger partial charge in [-0.25, -0.2) is 9.97 Å². The largest absolute Gasteiger partial charge is 0.340 e. The zero-order chi connectivity index (χ0) is 13.7. The topological polar surface area (TPSA) is 72.1 Å². The van der Waals surface area contributed by atoms with Crippen molar-refractivity contribution in [2.45, 2.75) is 6.54 Å². The Balaban J connectivity index is 2.18. The Labute approximate surface area is 112 Å². The first-order valence-electron chi connectivity index (χ1n) is 5.99. The summed E-state index contributed by atoms with van der Waals surface area (Å²) in [5, 5.41) is 0. The molecule has 0 aliphatic rings. The van der Waals surface area contributed by atoms with Crippen molar-refractivity contribution < 1.29 is 4.79 Å². The summed E-state index contributed by atoms with van der Waals surface area (Å²) in [6.45, 7) is 0.570. The van der Waals surface area contributed by atoms with Gasteiger partial charge in [-0.05, 0) is 17.2 Å². The minimum atomic E-state index is -0.0755. The average molecular weight is 256 g/mol. The Morgan fingerprint density at radius 2 is 2.00 bits per heavy atom. The molecule has 0 fully saturated rings. The summed E-state index contributed by atoms with van der Waals surface area (Å²) in [6.07, 6.45) is 5.03. The fourth-order valence-electron chi connectivity index (χ4n) is 1.82. The number of rotatable bonds is 4. The van der Waals surface area contributed by atoms with E-state index in [9.17, 15) is 4.79 Å². The molecule has 2 rings (SSSR count). The molecule has 2 N–H and O–H groups in total. The molecule has 1 aromatic heterocycles. The first kappa shape index (κ1) is 13.2. The van der Waals surface area contributed by atoms with E-state index >= 15 is 0 Å². The normalized spacial score (nSPS) is 10.2. The Morgan fingerprint density at radius 1 is 1.26 bits per heavy atom. The van der Waals surface area contributed by atoms with Crippen LogP contribution in [0.5, 0.6) is 0 Å². The molecule has 98 valence electrons. The molecular weight excluding hydrogens is 240 g/mol. The Hall–Kier alpha value is -2.27. The highest BCUT2D eigenvalue weighted by Crippen LogP contribution is 2.19. The molecule has 0 spiro atoms. The lowest BCUT2D eigenvalue weighted by Crippen LogP contribution is -2.32. The Bertz CT molecular complexity index is 556. The monoisotopic (exact) mass is 256 g/mol. The van der Waals surface area contributed by atoms with Gasteiger partial charge in [0, 0.05) is 31.5 Å². The summed E-state index contributed by atoms with van der Waals surface area (Å²) in [7, 11) is 1.74. The van der Waals surface area contributed by atoms with Crippen LogP contribution in [-0.4, -0.2) is 34.4 Å². The SMILES string of the molecule is CN(Cc1cccc(-c2cncnc2)c1)C(=O)CN. The van der Waals surface area contributed by atoms with Crippen molar-refractivity contribution in [2.75, 3.05) is 13.6 Å². The molecule has 5 nitrogen and oxygen atoms in total. The number of carbonyl (C=O) groups excluding carboxylic acids is 1. The van der Waals surface area contributed by atoms with Crippen molar-refractivity contribution in [1.82, 2.24) is 14.9 Å². The lowest BCUT2D eigenvalue weighted by molar-refractivity contribution is -0.128. The van der Waals surface area contributed by atoms with Crippen molar-refractivity contribution >= 4 is 5.91 Å². The number of hydrogen-bond donors (Lipinski definition) is 1. The highest BCUT2D eigenvalue weighted by atomic mass is 16.2. The number of nitrogens with zero attached hydrogens (tertiary/aromatic N) is 3. The second-order valence-electron chi connectivity index (χ2n) is 4.28. The third-order valence-corrected chi connectivity index (χ3v) is 2.84. The van der Waals surface area contributed by atoms with Gasteiger partial charge in [0.2, 0.25) is 5.91 Å². The van der Waals surface area contributed by atoms with E-state index in [1.54, 1.807) is 24.3 Å². The average Bonchev–Trinajstić information content (AvgIpc) is 2.47. The molecule has 0 aliphatic carbocycles. The van der Waals surface area contributed by atoms with Gasteiger partial charge in [-0.1, -0.05) is 18.2 Å². The van der Waals surface area contributed by atoms with Gasteiger partial charge in [-0.2, -0.15) is 0 Å². The van der Waals surface area contributed by atoms with E-state index < -0.39 is 0 Å². The van der Waals surface area contributed by atoms with Gasteiger partial charge in [0.05, 0.1) is 6.54 Å². The second-order valence-corrected chi connectivity index (χ2v) is 4.28. The third-order valence-electron chi connectivity index (χ3n) is 2.84. The summed E-state index contributed by atoms with van der Waals surface area (Å²) in [4.78, 5) is 21.1. The van der Waals surface area contributed by atoms with Crippen LogP contribution in [0.25, 0.3) is 11.1 Å². The quantitative estimate of drug-likeness (QED) is 0.887. The molecule has 0 saturated carbocycles. The number of amides is 1. The molecule has 0 unspecified atom stereocenters. The molecule has 0 aliphatic heterocycles. The van der Waals surface area contributed by atoms with Crippen molar-refractivity contribution in [2.24, 2.45) is 5.73 Å². The molecule has 1 aromatic carbocycles. The van der Waals surface area contributed by atoms with Crippen molar-refractivity contribution in [3.05, 3.63) is 48.5 Å². The van der Waals surface area contributed by atoms with Crippen LogP contribution in [0.3, 0.4) is 0 Å². The zero-order valence-corrected chi connectivity index (χ0v) is 10.8. The molecule has 1 amide bonds. The minimum Gasteiger partial charge on any atom is -0.340 e. The number of likely N-dealkylation sites (N-methyl/N-ethyl adjacent to an activating group) is 1. The molecule has 0 saturated heterocycles. The fraction of sp³-hybridized carbons (Fsp3) is 0.214. The standard InChI is InChI=1S/C14H16N4O/c1-18(14(19)6-15)9-11-3-2-4-12(5-11)13-7-16-10-17-8-13/h2-5,7-8,10H,6,9,15H2,1H3. The first-order valence-corrected chi connectivity index (χ1v) is 5.99. The van der Waals surface area contributed by atoms with Gasteiger partial charge in [0.15, 0.2) is 0 Å². The van der Waals surface area contributed by atoms with E-state index in [0.29, 0.717) is 6.54 Å². The lowest BCUT2D eigenvalue weighted by Gasteiger charge is -2.16. The highest BCUT2D eigenvalue weighted by molar-refractivity contribution is 5.77. The minimum absolute atomic E-state index is 0.0305. The Morgan fingerprint density at radius 3 is 2.68 bits per heavy atom. The summed E-state index contributed by atoms with van der Waals surface area (Å²) in [5.74, 6) is -0.0755. The van der Waals surface area contributed by atoms with E-state index in [1.165, 1.54) is 6.33 Å². The molecular formula is C14H16N4O. The molecule has 0 atom stereocenters. The second kappa shape index (κ2) is 6.06. The predicted molar refractivity (Wildman–Crippen MR) is 73.0 cm³/mol. The summed E-state index contributed by atoms with van der Waals surface area (Å²) in [5.41, 5.74) is 8.38. The predicted octanol–water partition coefficient (Wildman–Crippen LogP) is 1.06. The van der Waals surface area contributed by atoms with E-state index in [0.717, 1.165) is 16.7 Å². The smallest absolute Gasteiger partial charge is 0.236 e. The van der Waals surface area contributed by atoms with Crippen LogP contribution in [0.4, 0.5) is 0 Å². The Kier molecular flexibility index (Phi) is 4.20. The number of nitrogens with two attached hydrogens (primary N) is 1. The van der Waals surface area contributed by atoms with Crippen LogP contribution in [0.1, 0.15) is 5.56 Å². The van der Waals surface area contributed by atoms with E-state index in [1.807, 2.05) is 24.3 Å². The maximum absolute atomic E-state index is 11.5. The lowest BCUT2D eigenvalue weighted by atomic mass is 10.1. The molecule has 0 bridgehead atoms. The van der Waals surface area contributed by atoms with Crippen LogP contribution >= 0.6 is 0 Å². The van der Waals surface area contributed by atoms with Gasteiger partial charge < -0.3 is 10.6 Å². The van der Waals surface area contributed by atoms with Crippen molar-refractivity contribution in [3.63, 3.8) is 0 Å². The van der Waals surface area contributed by atoms with Crippen molar-refractivity contribution in [1.29, 1.82) is 0 Å². The molecule has 2 aromatic rings. The van der Waals surface area contributed by atoms with E-state index in [4.69, 9.17) is 5.73 Å². The summed E-state index contributed by atoms with van der Waals surface area (Å²) in [6, 6.07) is 7.96. The fourth-order valence-corrected chi connectivity index (χ4v) is 1.82. The van der Waals surface area contributed by atoms with Gasteiger partial charge in [0.25, 0.3) is 0 Å². The number of aromatic nitrogens is 2. The number of benzene rings is 1. The van der Waals surface area contributed by atoms with Crippen LogP contribution < -0.4 is 5.73 Å². The maximum Gasteiger partial charge on any atom is 0.236 e. The number of hydrogen-bond acceptors (Lipinski definition) is 4. The van der Waals surface area contributed by atoms with E-state index in [-0.39, 0.29) is 12.5 Å². The van der Waals surface area contributed by atoms with Gasteiger partial charge in [0.1, 0.15) is 6.33 Å². The first-order chi connectivity index (χ1) is 9.20. The van der Waals surface area contributed by atoms with E-state index in [2.05, 4.69) is 9.97 Å². The van der Waals surface area contributed by atoms with Crippen LogP contribution in [0.15, 0.2) is 43.0 Å². The number of carbonyl (C=O) groups is 1. The zero-order valence-electron chi connectivity index (χ0n) is 10.8. The van der Waals surface area contributed by atoms with Crippen LogP contribution in [-0.2, 0) is 11.3 Å². The van der Waals surface area contributed by atoms with Gasteiger partial charge >= 0.3 is 0 Å². The molecule has 1 heterocycles. The molecule has 5 heteroatoms. The van der Waals surface area contributed by atoms with Gasteiger partial charge in [-0.3, -0.25) is 4.79 Å². The maximum atomic E-state index is 11.5. The van der Waals surface area contributed by atoms with Crippen LogP contribution in [0, 0.1) is 0 Å². The van der Waals surface area contributed by atoms with Crippen molar-refractivity contribution in [3.8, 4) is 11.1 Å². The summed E-state index contributed by atoms with van der Waals surface area (Å²) < 4.78 is 0. The van der Waals surface area contributed by atoms with Gasteiger partial charge in [-0.15, -0.1) is 0 Å². The molecule has 19 heavy (non-hydrogen) atoms. The molecule has 0 radical (unpaired) electrons. The van der Waals surface area contributed by atoms with Crippen LogP contribution in [0.2, 0.25) is 0 Å². The summed E-state index contributed by atoms with van der Waals surface area (Å²) >= 11 is 0. The highest BCUT2D eigenvalue weighted by Gasteiger charge is 2.07.